The predicted molar refractivity (Wildman–Crippen MR) is 60.8 cm³/mol. The Bertz CT molecular complexity index is 463. The van der Waals surface area contributed by atoms with E-state index in [9.17, 15) is 0 Å². The first-order valence-electron chi connectivity index (χ1n) is 4.13. The lowest BCUT2D eigenvalue weighted by molar-refractivity contribution is 1.52. The Morgan fingerprint density at radius 2 is 2.00 bits per heavy atom. The lowest BCUT2D eigenvalue weighted by Crippen LogP contribution is -1.89. The summed E-state index contributed by atoms with van der Waals surface area (Å²) in [5, 5.41) is 2.34. The van der Waals surface area contributed by atoms with Gasteiger partial charge in [0.15, 0.2) is 0 Å². The molecule has 0 aromatic heterocycles. The minimum atomic E-state index is 0.836. The van der Waals surface area contributed by atoms with Crippen LogP contribution in [0.25, 0.3) is 10.8 Å². The second-order valence-electron chi connectivity index (χ2n) is 3.17. The number of fused-ring (bicyclic) bond motifs is 1. The smallest absolute Gasteiger partial charge is 0.0407 e. The molecule has 66 valence electrons. The van der Waals surface area contributed by atoms with Crippen LogP contribution in [0.2, 0.25) is 0 Å². The lowest BCUT2D eigenvalue weighted by Gasteiger charge is -2.05. The van der Waals surface area contributed by atoms with E-state index in [1.807, 2.05) is 12.1 Å². The van der Waals surface area contributed by atoms with E-state index >= 15 is 0 Å². The Morgan fingerprint density at radius 3 is 2.77 bits per heavy atom. The minimum absolute atomic E-state index is 0.836. The van der Waals surface area contributed by atoms with E-state index in [0.29, 0.717) is 0 Å². The molecule has 0 heterocycles. The highest BCUT2D eigenvalue weighted by Crippen LogP contribution is 2.28. The van der Waals surface area contributed by atoms with Crippen LogP contribution >= 0.6 is 15.9 Å². The fraction of sp³-hybridized carbons (Fsp3) is 0.0909. The van der Waals surface area contributed by atoms with Gasteiger partial charge in [-0.05, 0) is 30.0 Å². The molecular formula is C11H10BrN. The zero-order chi connectivity index (χ0) is 9.42. The molecule has 13 heavy (non-hydrogen) atoms. The first-order valence-corrected chi connectivity index (χ1v) is 4.92. The number of nitrogens with two attached hydrogens (primary N) is 1. The highest BCUT2D eigenvalue weighted by molar-refractivity contribution is 9.10. The highest BCUT2D eigenvalue weighted by Gasteiger charge is 2.01. The molecular weight excluding hydrogens is 226 g/mol. The molecule has 0 fully saturated rings. The number of hydrogen-bond acceptors (Lipinski definition) is 1. The van der Waals surface area contributed by atoms with E-state index in [4.69, 9.17) is 5.73 Å². The maximum Gasteiger partial charge on any atom is 0.0407 e. The summed E-state index contributed by atoms with van der Waals surface area (Å²) in [5.74, 6) is 0. The third kappa shape index (κ3) is 1.42. The molecule has 0 unspecified atom stereocenters. The molecule has 2 heteroatoms. The third-order valence-corrected chi connectivity index (χ3v) is 2.64. The second-order valence-corrected chi connectivity index (χ2v) is 4.08. The number of rotatable bonds is 0. The zero-order valence-corrected chi connectivity index (χ0v) is 8.93. The van der Waals surface area contributed by atoms with Gasteiger partial charge in [0.1, 0.15) is 0 Å². The van der Waals surface area contributed by atoms with Gasteiger partial charge in [0.2, 0.25) is 0 Å². The van der Waals surface area contributed by atoms with Crippen molar-refractivity contribution in [1.29, 1.82) is 0 Å². The Kier molecular flexibility index (Phi) is 2.00. The van der Waals surface area contributed by atoms with Gasteiger partial charge in [-0.25, -0.2) is 0 Å². The quantitative estimate of drug-likeness (QED) is 0.696. The number of aryl methyl sites for hydroxylation is 1. The third-order valence-electron chi connectivity index (χ3n) is 2.18. The molecule has 0 saturated carbocycles. The monoisotopic (exact) mass is 235 g/mol. The molecule has 0 amide bonds. The van der Waals surface area contributed by atoms with Crippen LogP contribution in [0.15, 0.2) is 34.8 Å². The maximum absolute atomic E-state index is 5.93. The summed E-state index contributed by atoms with van der Waals surface area (Å²) >= 11 is 3.43. The molecule has 0 aliphatic heterocycles. The van der Waals surface area contributed by atoms with Crippen molar-refractivity contribution in [2.24, 2.45) is 0 Å². The van der Waals surface area contributed by atoms with Crippen LogP contribution in [-0.2, 0) is 0 Å². The molecule has 0 bridgehead atoms. The second kappa shape index (κ2) is 3.04. The molecule has 2 rings (SSSR count). The standard InChI is InChI=1S/C11H10BrN/c1-7-3-2-4-8-5-9(12)6-10(13)11(7)8/h2-6H,13H2,1H3. The molecule has 0 saturated heterocycles. The molecule has 2 aromatic rings. The summed E-state index contributed by atoms with van der Waals surface area (Å²) in [6, 6.07) is 10.2. The van der Waals surface area contributed by atoms with Crippen LogP contribution in [0.5, 0.6) is 0 Å². The molecule has 0 radical (unpaired) electrons. The molecule has 1 nitrogen and oxygen atoms in total. The molecule has 2 aromatic carbocycles. The van der Waals surface area contributed by atoms with Gasteiger partial charge in [0, 0.05) is 15.5 Å². The van der Waals surface area contributed by atoms with E-state index in [1.54, 1.807) is 0 Å². The molecule has 0 spiro atoms. The maximum atomic E-state index is 5.93. The van der Waals surface area contributed by atoms with Gasteiger partial charge < -0.3 is 5.73 Å². The van der Waals surface area contributed by atoms with Crippen molar-refractivity contribution >= 4 is 32.4 Å². The van der Waals surface area contributed by atoms with Crippen LogP contribution in [0.3, 0.4) is 0 Å². The number of benzene rings is 2. The van der Waals surface area contributed by atoms with Gasteiger partial charge in [-0.1, -0.05) is 34.1 Å². The summed E-state index contributed by atoms with van der Waals surface area (Å²) in [7, 11) is 0. The van der Waals surface area contributed by atoms with Crippen molar-refractivity contribution in [3.8, 4) is 0 Å². The van der Waals surface area contributed by atoms with Crippen LogP contribution < -0.4 is 5.73 Å². The van der Waals surface area contributed by atoms with Crippen molar-refractivity contribution in [3.05, 3.63) is 40.4 Å². The van der Waals surface area contributed by atoms with Crippen molar-refractivity contribution < 1.29 is 0 Å². The van der Waals surface area contributed by atoms with Gasteiger partial charge in [-0.3, -0.25) is 0 Å². The van der Waals surface area contributed by atoms with Crippen molar-refractivity contribution in [3.63, 3.8) is 0 Å². The summed E-state index contributed by atoms with van der Waals surface area (Å²) in [6.07, 6.45) is 0. The Balaban J connectivity index is 2.94. The topological polar surface area (TPSA) is 26.0 Å². The number of hydrogen-bond donors (Lipinski definition) is 1. The largest absolute Gasteiger partial charge is 0.398 e. The number of anilines is 1. The minimum Gasteiger partial charge on any atom is -0.398 e. The Labute approximate surface area is 85.7 Å². The fourth-order valence-corrected chi connectivity index (χ4v) is 2.11. The molecule has 0 aliphatic rings. The van der Waals surface area contributed by atoms with Gasteiger partial charge in [0.25, 0.3) is 0 Å². The van der Waals surface area contributed by atoms with Gasteiger partial charge in [-0.15, -0.1) is 0 Å². The van der Waals surface area contributed by atoms with Crippen LogP contribution in [0, 0.1) is 6.92 Å². The Hall–Kier alpha value is -1.02. The van der Waals surface area contributed by atoms with Gasteiger partial charge in [-0.2, -0.15) is 0 Å². The predicted octanol–water partition coefficient (Wildman–Crippen LogP) is 3.49. The van der Waals surface area contributed by atoms with Gasteiger partial charge >= 0.3 is 0 Å². The summed E-state index contributed by atoms with van der Waals surface area (Å²) in [4.78, 5) is 0. The zero-order valence-electron chi connectivity index (χ0n) is 7.34. The number of halogens is 1. The average molecular weight is 236 g/mol. The van der Waals surface area contributed by atoms with Crippen molar-refractivity contribution in [2.75, 3.05) is 5.73 Å². The Morgan fingerprint density at radius 1 is 1.23 bits per heavy atom. The van der Waals surface area contributed by atoms with E-state index < -0.39 is 0 Å². The van der Waals surface area contributed by atoms with E-state index in [1.165, 1.54) is 10.9 Å². The van der Waals surface area contributed by atoms with Crippen LogP contribution in [0.4, 0.5) is 5.69 Å². The normalized spacial score (nSPS) is 10.6. The molecule has 0 atom stereocenters. The van der Waals surface area contributed by atoms with Gasteiger partial charge in [0.05, 0.1) is 0 Å². The van der Waals surface area contributed by atoms with Crippen molar-refractivity contribution in [2.45, 2.75) is 6.92 Å². The van der Waals surface area contributed by atoms with E-state index in [0.717, 1.165) is 15.5 Å². The summed E-state index contributed by atoms with van der Waals surface area (Å²) < 4.78 is 1.03. The fourth-order valence-electron chi connectivity index (χ4n) is 1.62. The van der Waals surface area contributed by atoms with E-state index in [-0.39, 0.29) is 0 Å². The van der Waals surface area contributed by atoms with Crippen LogP contribution in [-0.4, -0.2) is 0 Å². The summed E-state index contributed by atoms with van der Waals surface area (Å²) in [6.45, 7) is 2.08. The SMILES string of the molecule is Cc1cccc2cc(Br)cc(N)c12. The summed E-state index contributed by atoms with van der Waals surface area (Å²) in [5.41, 5.74) is 7.99. The van der Waals surface area contributed by atoms with E-state index in [2.05, 4.69) is 41.1 Å². The van der Waals surface area contributed by atoms with Crippen molar-refractivity contribution in [1.82, 2.24) is 0 Å². The first kappa shape index (κ1) is 8.57. The lowest BCUT2D eigenvalue weighted by atomic mass is 10.0. The molecule has 0 aliphatic carbocycles. The highest BCUT2D eigenvalue weighted by atomic mass is 79.9. The molecule has 2 N–H and O–H groups in total. The number of nitrogen functional groups attached to an aromatic ring is 1. The van der Waals surface area contributed by atoms with Crippen LogP contribution in [0.1, 0.15) is 5.56 Å². The first-order chi connectivity index (χ1) is 6.18. The average Bonchev–Trinajstić information content (AvgIpc) is 2.02.